The molecule has 2 atom stereocenters. The minimum absolute atomic E-state index is 0.158. The van der Waals surface area contributed by atoms with Crippen molar-refractivity contribution in [1.29, 1.82) is 0 Å². The smallest absolute Gasteiger partial charge is 0.240 e. The second-order valence-corrected chi connectivity index (χ2v) is 7.67. The maximum atomic E-state index is 13.2. The van der Waals surface area contributed by atoms with Crippen molar-refractivity contribution in [2.75, 3.05) is 14.1 Å². The highest BCUT2D eigenvalue weighted by Crippen LogP contribution is 2.20. The molecule has 0 unspecified atom stereocenters. The summed E-state index contributed by atoms with van der Waals surface area (Å²) in [4.78, 5) is 26.7. The fraction of sp³-hybridized carbons (Fsp3) is 0.231. The molecule has 0 saturated carbocycles. The van der Waals surface area contributed by atoms with E-state index in [1.165, 1.54) is 4.90 Å². The number of rotatable bonds is 9. The largest absolute Gasteiger partial charge is 0.368 e. The number of amides is 2. The molecular formula is C26H29N3O2. The van der Waals surface area contributed by atoms with Gasteiger partial charge < -0.3 is 16.0 Å². The lowest BCUT2D eigenvalue weighted by Crippen LogP contribution is -2.53. The molecule has 0 heterocycles. The van der Waals surface area contributed by atoms with Crippen LogP contribution in [0.25, 0.3) is 11.1 Å². The highest BCUT2D eigenvalue weighted by atomic mass is 16.2. The van der Waals surface area contributed by atoms with E-state index in [9.17, 15) is 9.59 Å². The van der Waals surface area contributed by atoms with Crippen LogP contribution in [0.5, 0.6) is 0 Å². The number of hydrogen-bond donors (Lipinski definition) is 2. The highest BCUT2D eigenvalue weighted by molar-refractivity contribution is 5.89. The van der Waals surface area contributed by atoms with Crippen LogP contribution < -0.4 is 11.1 Å². The summed E-state index contributed by atoms with van der Waals surface area (Å²) in [6.45, 7) is 0. The molecule has 5 nitrogen and oxygen atoms in total. The van der Waals surface area contributed by atoms with Gasteiger partial charge in [-0.25, -0.2) is 0 Å². The maximum Gasteiger partial charge on any atom is 0.240 e. The SMILES string of the molecule is CN[C@H](Cc1ccc(-c2ccccc2)cc1)C(=O)N(C)[C@H](Cc1ccccc1)C(N)=O. The lowest BCUT2D eigenvalue weighted by atomic mass is 9.99. The van der Waals surface area contributed by atoms with Crippen molar-refractivity contribution in [3.05, 3.63) is 96.1 Å². The summed E-state index contributed by atoms with van der Waals surface area (Å²) >= 11 is 0. The third kappa shape index (κ3) is 5.80. The van der Waals surface area contributed by atoms with Gasteiger partial charge in [0, 0.05) is 13.5 Å². The van der Waals surface area contributed by atoms with Crippen LogP contribution in [-0.4, -0.2) is 42.9 Å². The zero-order chi connectivity index (χ0) is 22.2. The van der Waals surface area contributed by atoms with Crippen LogP contribution >= 0.6 is 0 Å². The number of nitrogens with two attached hydrogens (primary N) is 1. The molecule has 0 aliphatic carbocycles. The molecule has 0 saturated heterocycles. The highest BCUT2D eigenvalue weighted by Gasteiger charge is 2.29. The van der Waals surface area contributed by atoms with Gasteiger partial charge in [0.25, 0.3) is 0 Å². The van der Waals surface area contributed by atoms with E-state index in [-0.39, 0.29) is 5.91 Å². The van der Waals surface area contributed by atoms with E-state index in [1.54, 1.807) is 14.1 Å². The number of primary amides is 1. The second kappa shape index (κ2) is 10.5. The lowest BCUT2D eigenvalue weighted by molar-refractivity contribution is -0.139. The fourth-order valence-corrected chi connectivity index (χ4v) is 3.68. The lowest BCUT2D eigenvalue weighted by Gasteiger charge is -2.29. The first-order valence-electron chi connectivity index (χ1n) is 10.4. The van der Waals surface area contributed by atoms with Gasteiger partial charge in [-0.15, -0.1) is 0 Å². The number of nitrogens with one attached hydrogen (secondary N) is 1. The number of benzene rings is 3. The Kier molecular flexibility index (Phi) is 7.57. The Bertz CT molecular complexity index is 988. The van der Waals surface area contributed by atoms with Gasteiger partial charge in [0.2, 0.25) is 11.8 Å². The Morgan fingerprint density at radius 3 is 1.87 bits per heavy atom. The summed E-state index contributed by atoms with van der Waals surface area (Å²) in [5, 5.41) is 3.09. The van der Waals surface area contributed by atoms with Crippen molar-refractivity contribution in [3.8, 4) is 11.1 Å². The molecule has 5 heteroatoms. The molecule has 3 aromatic rings. The standard InChI is InChI=1S/C26H29N3O2/c1-28-23(17-20-13-15-22(16-14-20)21-11-7-4-8-12-21)26(31)29(2)24(25(27)30)18-19-9-5-3-6-10-19/h3-16,23-24,28H,17-18H2,1-2H3,(H2,27,30)/t23-,24-/m1/s1. The van der Waals surface area contributed by atoms with Crippen molar-refractivity contribution in [3.63, 3.8) is 0 Å². The molecule has 0 aromatic heterocycles. The Hall–Kier alpha value is -3.44. The molecule has 3 N–H and O–H groups in total. The van der Waals surface area contributed by atoms with Crippen LogP contribution in [0.3, 0.4) is 0 Å². The topological polar surface area (TPSA) is 75.4 Å². The molecule has 0 aliphatic rings. The summed E-state index contributed by atoms with van der Waals surface area (Å²) < 4.78 is 0. The first-order chi connectivity index (χ1) is 15.0. The molecule has 0 radical (unpaired) electrons. The van der Waals surface area contributed by atoms with Crippen LogP contribution in [0.15, 0.2) is 84.9 Å². The van der Waals surface area contributed by atoms with Gasteiger partial charge in [-0.2, -0.15) is 0 Å². The number of nitrogens with zero attached hydrogens (tertiary/aromatic N) is 1. The predicted molar refractivity (Wildman–Crippen MR) is 124 cm³/mol. The Balaban J connectivity index is 1.70. The van der Waals surface area contributed by atoms with Crippen LogP contribution in [0.4, 0.5) is 0 Å². The van der Waals surface area contributed by atoms with Crippen LogP contribution in [0.2, 0.25) is 0 Å². The molecular weight excluding hydrogens is 386 g/mol. The van der Waals surface area contributed by atoms with Gasteiger partial charge in [-0.3, -0.25) is 9.59 Å². The monoisotopic (exact) mass is 415 g/mol. The summed E-state index contributed by atoms with van der Waals surface area (Å²) in [5.74, 6) is -0.670. The summed E-state index contributed by atoms with van der Waals surface area (Å²) in [7, 11) is 3.40. The van der Waals surface area contributed by atoms with Crippen molar-refractivity contribution >= 4 is 11.8 Å². The van der Waals surface area contributed by atoms with Crippen LogP contribution in [0.1, 0.15) is 11.1 Å². The predicted octanol–water partition coefficient (Wildman–Crippen LogP) is 3.04. The van der Waals surface area contributed by atoms with E-state index < -0.39 is 18.0 Å². The third-order valence-corrected chi connectivity index (χ3v) is 5.56. The van der Waals surface area contributed by atoms with Crippen molar-refractivity contribution in [1.82, 2.24) is 10.2 Å². The quantitative estimate of drug-likeness (QED) is 0.564. The number of hydrogen-bond acceptors (Lipinski definition) is 3. The number of carbonyl (C=O) groups is 2. The van der Waals surface area contributed by atoms with E-state index in [1.807, 2.05) is 60.7 Å². The fourth-order valence-electron chi connectivity index (χ4n) is 3.68. The molecule has 3 aromatic carbocycles. The average Bonchev–Trinajstić information content (AvgIpc) is 2.81. The molecule has 0 bridgehead atoms. The van der Waals surface area contributed by atoms with Crippen molar-refractivity contribution in [2.24, 2.45) is 5.73 Å². The minimum Gasteiger partial charge on any atom is -0.368 e. The Labute approximate surface area is 183 Å². The molecule has 0 fully saturated rings. The summed E-state index contributed by atoms with van der Waals surface area (Å²) in [5.41, 5.74) is 9.92. The van der Waals surface area contributed by atoms with E-state index in [0.29, 0.717) is 12.8 Å². The molecule has 31 heavy (non-hydrogen) atoms. The average molecular weight is 416 g/mol. The van der Waals surface area contributed by atoms with Gasteiger partial charge in [-0.1, -0.05) is 84.9 Å². The van der Waals surface area contributed by atoms with Gasteiger partial charge in [-0.05, 0) is 35.7 Å². The molecule has 2 amide bonds. The van der Waals surface area contributed by atoms with Crippen molar-refractivity contribution < 1.29 is 9.59 Å². The van der Waals surface area contributed by atoms with Crippen molar-refractivity contribution in [2.45, 2.75) is 24.9 Å². The minimum atomic E-state index is -0.703. The van der Waals surface area contributed by atoms with Gasteiger partial charge in [0.15, 0.2) is 0 Å². The zero-order valence-corrected chi connectivity index (χ0v) is 18.0. The van der Waals surface area contributed by atoms with E-state index in [4.69, 9.17) is 5.73 Å². The zero-order valence-electron chi connectivity index (χ0n) is 18.0. The molecule has 160 valence electrons. The maximum absolute atomic E-state index is 13.2. The van der Waals surface area contributed by atoms with E-state index in [0.717, 1.165) is 22.3 Å². The molecule has 0 spiro atoms. The Morgan fingerprint density at radius 2 is 1.32 bits per heavy atom. The number of likely N-dealkylation sites (N-methyl/N-ethyl adjacent to an activating group) is 2. The van der Waals surface area contributed by atoms with Gasteiger partial charge in [0.05, 0.1) is 6.04 Å². The van der Waals surface area contributed by atoms with Crippen LogP contribution in [-0.2, 0) is 22.4 Å². The molecule has 0 aliphatic heterocycles. The Morgan fingerprint density at radius 1 is 0.806 bits per heavy atom. The van der Waals surface area contributed by atoms with Gasteiger partial charge >= 0.3 is 0 Å². The third-order valence-electron chi connectivity index (χ3n) is 5.56. The van der Waals surface area contributed by atoms with Gasteiger partial charge in [0.1, 0.15) is 6.04 Å². The normalized spacial score (nSPS) is 12.7. The van der Waals surface area contributed by atoms with E-state index in [2.05, 4.69) is 29.6 Å². The second-order valence-electron chi connectivity index (χ2n) is 7.67. The first kappa shape index (κ1) is 22.2. The molecule has 3 rings (SSSR count). The number of carbonyl (C=O) groups excluding carboxylic acids is 2. The summed E-state index contributed by atoms with van der Waals surface area (Å²) in [6.07, 6.45) is 0.909. The first-order valence-corrected chi connectivity index (χ1v) is 10.4. The van der Waals surface area contributed by atoms with E-state index >= 15 is 0 Å². The van der Waals surface area contributed by atoms with Crippen LogP contribution in [0, 0.1) is 0 Å². The summed E-state index contributed by atoms with van der Waals surface area (Å²) in [6, 6.07) is 26.8.